The van der Waals surface area contributed by atoms with Gasteiger partial charge in [-0.25, -0.2) is 9.18 Å². The lowest BCUT2D eigenvalue weighted by Gasteiger charge is -2.15. The van der Waals surface area contributed by atoms with Gasteiger partial charge < -0.3 is 14.2 Å². The normalized spacial score (nSPS) is 14.8. The summed E-state index contributed by atoms with van der Waals surface area (Å²) in [6, 6.07) is 7.33. The molecule has 1 aliphatic rings. The number of nitrogens with zero attached hydrogens (tertiary/aromatic N) is 1. The van der Waals surface area contributed by atoms with Gasteiger partial charge in [-0.3, -0.25) is 9.69 Å². The highest BCUT2D eigenvalue weighted by atomic mass is 79.9. The lowest BCUT2D eigenvalue weighted by Crippen LogP contribution is -2.27. The first-order valence-electron chi connectivity index (χ1n) is 9.14. The van der Waals surface area contributed by atoms with Gasteiger partial charge in [-0.1, -0.05) is 35.6 Å². The lowest BCUT2D eigenvalue weighted by atomic mass is 10.1. The maximum absolute atomic E-state index is 13.5. The second kappa shape index (κ2) is 10.7. The molecule has 0 saturated carbocycles. The average Bonchev–Trinajstić information content (AvgIpc) is 3.02. The van der Waals surface area contributed by atoms with Crippen LogP contribution < -0.4 is 14.4 Å². The molecule has 11 heteroatoms. The molecule has 1 fully saturated rings. The van der Waals surface area contributed by atoms with Gasteiger partial charge >= 0.3 is 5.97 Å². The fourth-order valence-electron chi connectivity index (χ4n) is 2.76. The van der Waals surface area contributed by atoms with Gasteiger partial charge in [-0.15, -0.1) is 0 Å². The molecule has 0 spiro atoms. The minimum Gasteiger partial charge on any atom is -0.493 e. The average molecular weight is 561 g/mol. The Bertz CT molecular complexity index is 1130. The van der Waals surface area contributed by atoms with Crippen molar-refractivity contribution in [2.24, 2.45) is 0 Å². The van der Waals surface area contributed by atoms with E-state index in [4.69, 9.17) is 38.0 Å². The van der Waals surface area contributed by atoms with Crippen LogP contribution >= 0.6 is 51.5 Å². The van der Waals surface area contributed by atoms with Crippen molar-refractivity contribution in [3.05, 3.63) is 56.1 Å². The van der Waals surface area contributed by atoms with Gasteiger partial charge in [0.05, 0.1) is 33.8 Å². The second-order valence-electron chi connectivity index (χ2n) is 6.24. The fourth-order valence-corrected chi connectivity index (χ4v) is 4.81. The Morgan fingerprint density at radius 1 is 1.34 bits per heavy atom. The molecule has 2 aromatic carbocycles. The predicted octanol–water partition coefficient (Wildman–Crippen LogP) is 5.60. The Kier molecular flexibility index (Phi) is 8.16. The van der Waals surface area contributed by atoms with Gasteiger partial charge in [0.2, 0.25) is 0 Å². The molecule has 1 amide bonds. The van der Waals surface area contributed by atoms with E-state index in [1.165, 1.54) is 30.2 Å². The van der Waals surface area contributed by atoms with E-state index in [9.17, 15) is 14.0 Å². The largest absolute Gasteiger partial charge is 0.493 e. The van der Waals surface area contributed by atoms with Crippen LogP contribution in [0.3, 0.4) is 0 Å². The van der Waals surface area contributed by atoms with E-state index in [0.717, 1.165) is 11.8 Å². The number of carbonyl (C=O) groups is 2. The van der Waals surface area contributed by atoms with Crippen molar-refractivity contribution >= 4 is 79.5 Å². The smallest absolute Gasteiger partial charge is 0.344 e. The molecule has 0 radical (unpaired) electrons. The third-order valence-electron chi connectivity index (χ3n) is 4.14. The second-order valence-corrected chi connectivity index (χ2v) is 9.18. The molecule has 0 N–H and O–H groups in total. The van der Waals surface area contributed by atoms with E-state index >= 15 is 0 Å². The molecular weight excluding hydrogens is 545 g/mol. The number of benzene rings is 2. The molecule has 0 aliphatic carbocycles. The summed E-state index contributed by atoms with van der Waals surface area (Å²) in [5.41, 5.74) is 1.01. The van der Waals surface area contributed by atoms with Crippen LogP contribution in [0.25, 0.3) is 6.08 Å². The highest BCUT2D eigenvalue weighted by Gasteiger charge is 2.33. The summed E-state index contributed by atoms with van der Waals surface area (Å²) in [6.07, 6.45) is 1.65. The molecule has 2 aromatic rings. The topological polar surface area (TPSA) is 65.1 Å². The fraction of sp³-hybridized carbons (Fsp3) is 0.190. The number of methoxy groups -OCH3 is 1. The number of ether oxygens (including phenoxy) is 3. The van der Waals surface area contributed by atoms with Crippen molar-refractivity contribution in [2.45, 2.75) is 6.92 Å². The maximum atomic E-state index is 13.5. The Hall–Kier alpha value is -2.14. The summed E-state index contributed by atoms with van der Waals surface area (Å²) in [5, 5.41) is -0.104. The first-order valence-corrected chi connectivity index (χ1v) is 11.5. The molecule has 0 atom stereocenters. The van der Waals surface area contributed by atoms with Crippen LogP contribution in [0.15, 0.2) is 39.7 Å². The number of hydrogen-bond donors (Lipinski definition) is 0. The maximum Gasteiger partial charge on any atom is 0.344 e. The zero-order chi connectivity index (χ0) is 23.4. The van der Waals surface area contributed by atoms with Gasteiger partial charge in [-0.2, -0.15) is 0 Å². The summed E-state index contributed by atoms with van der Waals surface area (Å²) in [5.74, 6) is -0.768. The Morgan fingerprint density at radius 2 is 2.09 bits per heavy atom. The van der Waals surface area contributed by atoms with Crippen molar-refractivity contribution in [3.8, 4) is 11.5 Å². The highest BCUT2D eigenvalue weighted by Crippen LogP contribution is 2.40. The number of thioether (sulfide) groups is 1. The molecule has 0 bridgehead atoms. The van der Waals surface area contributed by atoms with Crippen LogP contribution in [-0.2, 0) is 14.3 Å². The summed E-state index contributed by atoms with van der Waals surface area (Å²) in [6.45, 7) is 1.68. The molecule has 3 rings (SSSR count). The Balaban J connectivity index is 1.87. The zero-order valence-corrected chi connectivity index (χ0v) is 20.8. The van der Waals surface area contributed by atoms with Crippen molar-refractivity contribution in [2.75, 3.05) is 25.2 Å². The molecule has 32 heavy (non-hydrogen) atoms. The van der Waals surface area contributed by atoms with Crippen LogP contribution in [0, 0.1) is 5.82 Å². The first-order chi connectivity index (χ1) is 15.2. The van der Waals surface area contributed by atoms with Gasteiger partial charge in [0.15, 0.2) is 22.4 Å². The number of rotatable bonds is 7. The van der Waals surface area contributed by atoms with Gasteiger partial charge in [0.1, 0.15) is 5.82 Å². The summed E-state index contributed by atoms with van der Waals surface area (Å²) >= 11 is 15.7. The van der Waals surface area contributed by atoms with E-state index in [2.05, 4.69) is 15.9 Å². The molecule has 1 aliphatic heterocycles. The first kappa shape index (κ1) is 24.5. The molecule has 0 unspecified atom stereocenters. The third kappa shape index (κ3) is 5.43. The van der Waals surface area contributed by atoms with Gasteiger partial charge in [0, 0.05) is 0 Å². The number of halogens is 3. The minimum absolute atomic E-state index is 0.104. The van der Waals surface area contributed by atoms with Crippen LogP contribution in [0.5, 0.6) is 11.5 Å². The van der Waals surface area contributed by atoms with Gasteiger partial charge in [0.25, 0.3) is 5.91 Å². The number of hydrogen-bond acceptors (Lipinski definition) is 7. The van der Waals surface area contributed by atoms with Crippen molar-refractivity contribution < 1.29 is 28.2 Å². The third-order valence-corrected chi connectivity index (χ3v) is 6.33. The summed E-state index contributed by atoms with van der Waals surface area (Å²) in [4.78, 5) is 26.2. The van der Waals surface area contributed by atoms with Crippen LogP contribution in [0.2, 0.25) is 5.02 Å². The number of thiocarbonyl (C=S) groups is 1. The van der Waals surface area contributed by atoms with Crippen LogP contribution in [-0.4, -0.2) is 36.5 Å². The SMILES string of the molecule is CCOC(=O)COc1c(Br)cc(/C=C2/SC(=S)N(c3ccc(F)c(Cl)c3)C2=O)cc1OC. The summed E-state index contributed by atoms with van der Waals surface area (Å²) < 4.78 is 30.1. The molecule has 168 valence electrons. The monoisotopic (exact) mass is 559 g/mol. The van der Waals surface area contributed by atoms with E-state index in [-0.39, 0.29) is 24.1 Å². The molecule has 6 nitrogen and oxygen atoms in total. The van der Waals surface area contributed by atoms with E-state index in [0.29, 0.717) is 36.4 Å². The molecular formula is C21H16BrClFNO5S2. The van der Waals surface area contributed by atoms with E-state index in [1.807, 2.05) is 0 Å². The molecule has 0 aromatic heterocycles. The Labute approximate surface area is 206 Å². The highest BCUT2D eigenvalue weighted by molar-refractivity contribution is 9.10. The number of esters is 1. The molecule has 1 saturated heterocycles. The lowest BCUT2D eigenvalue weighted by molar-refractivity contribution is -0.145. The van der Waals surface area contributed by atoms with Crippen LogP contribution in [0.1, 0.15) is 12.5 Å². The van der Waals surface area contributed by atoms with Crippen molar-refractivity contribution in [1.82, 2.24) is 0 Å². The predicted molar refractivity (Wildman–Crippen MR) is 130 cm³/mol. The number of anilines is 1. The Morgan fingerprint density at radius 3 is 2.75 bits per heavy atom. The molecule has 1 heterocycles. The van der Waals surface area contributed by atoms with E-state index in [1.54, 1.807) is 25.1 Å². The summed E-state index contributed by atoms with van der Waals surface area (Å²) in [7, 11) is 1.46. The zero-order valence-electron chi connectivity index (χ0n) is 16.8. The van der Waals surface area contributed by atoms with Crippen LogP contribution in [0.4, 0.5) is 10.1 Å². The minimum atomic E-state index is -0.585. The number of carbonyl (C=O) groups excluding carboxylic acids is 2. The standard InChI is InChI=1S/C21H16BrClFNO5S2/c1-3-29-18(26)10-30-19-13(22)6-11(7-16(19)28-2)8-17-20(27)25(21(31)32-17)12-4-5-15(24)14(23)9-12/h4-9H,3,10H2,1-2H3/b17-8+. The van der Waals surface area contributed by atoms with E-state index < -0.39 is 11.8 Å². The number of amides is 1. The van der Waals surface area contributed by atoms with Crippen molar-refractivity contribution in [1.29, 1.82) is 0 Å². The van der Waals surface area contributed by atoms with Gasteiger partial charge in [-0.05, 0) is 64.8 Å². The van der Waals surface area contributed by atoms with Crippen molar-refractivity contribution in [3.63, 3.8) is 0 Å². The quantitative estimate of drug-likeness (QED) is 0.248.